The first-order valence-electron chi connectivity index (χ1n) is 2.79. The summed E-state index contributed by atoms with van der Waals surface area (Å²) in [5.41, 5.74) is 1.12. The van der Waals surface area contributed by atoms with Crippen LogP contribution in [0.25, 0.3) is 11.2 Å². The molecular weight excluding hydrogens is 116 g/mol. The Bertz CT molecular complexity index is 316. The number of rotatable bonds is 0. The molecule has 0 aliphatic heterocycles. The second-order valence-electron chi connectivity index (χ2n) is 2.04. The molecule has 0 saturated carbocycles. The van der Waals surface area contributed by atoms with E-state index >= 15 is 0 Å². The van der Waals surface area contributed by atoms with Crippen LogP contribution in [0, 0.1) is 6.92 Å². The molecule has 0 atom stereocenters. The summed E-state index contributed by atoms with van der Waals surface area (Å²) in [6, 6.07) is 1.90. The molecular formula is C7H6O2. The highest BCUT2D eigenvalue weighted by Gasteiger charge is 2.01. The number of fused-ring (bicyclic) bond motifs is 1. The molecule has 2 aromatic heterocycles. The van der Waals surface area contributed by atoms with Gasteiger partial charge in [0.2, 0.25) is 0 Å². The van der Waals surface area contributed by atoms with E-state index < -0.39 is 0 Å². The lowest BCUT2D eigenvalue weighted by Gasteiger charge is -1.70. The molecule has 2 rings (SSSR count). The van der Waals surface area contributed by atoms with Gasteiger partial charge in [0.05, 0.1) is 17.9 Å². The molecule has 0 N–H and O–H groups in total. The maximum absolute atomic E-state index is 5.02. The molecule has 0 spiro atoms. The second kappa shape index (κ2) is 1.41. The molecule has 2 nitrogen and oxygen atoms in total. The molecule has 0 aromatic carbocycles. The predicted octanol–water partition coefficient (Wildman–Crippen LogP) is 2.33. The lowest BCUT2D eigenvalue weighted by molar-refractivity contribution is 0.477. The lowest BCUT2D eigenvalue weighted by Crippen LogP contribution is -1.55. The van der Waals surface area contributed by atoms with Crippen molar-refractivity contribution in [1.29, 1.82) is 0 Å². The van der Waals surface area contributed by atoms with Crippen molar-refractivity contribution in [3.8, 4) is 0 Å². The van der Waals surface area contributed by atoms with E-state index in [4.69, 9.17) is 8.83 Å². The second-order valence-corrected chi connectivity index (χ2v) is 2.04. The van der Waals surface area contributed by atoms with Crippen molar-refractivity contribution in [2.75, 3.05) is 0 Å². The van der Waals surface area contributed by atoms with Crippen molar-refractivity contribution < 1.29 is 8.83 Å². The average Bonchev–Trinajstić information content (AvgIpc) is 2.35. The van der Waals surface area contributed by atoms with E-state index in [0.717, 1.165) is 10.9 Å². The molecule has 0 fully saturated rings. The van der Waals surface area contributed by atoms with Crippen LogP contribution in [0.15, 0.2) is 27.4 Å². The Morgan fingerprint density at radius 3 is 3.00 bits per heavy atom. The standard InChI is InChI=1S/C7H6O2/c1-5-4-9-7-6(5)2-3-8-7/h2-4H,1H3. The van der Waals surface area contributed by atoms with Gasteiger partial charge in [-0.2, -0.15) is 0 Å². The van der Waals surface area contributed by atoms with Crippen LogP contribution in [0.4, 0.5) is 0 Å². The largest absolute Gasteiger partial charge is 0.433 e. The third-order valence-corrected chi connectivity index (χ3v) is 1.40. The van der Waals surface area contributed by atoms with Gasteiger partial charge in [0.15, 0.2) is 0 Å². The first kappa shape index (κ1) is 4.68. The van der Waals surface area contributed by atoms with Crippen molar-refractivity contribution in [2.24, 2.45) is 0 Å². The Labute approximate surface area is 52.1 Å². The molecule has 2 aromatic rings. The van der Waals surface area contributed by atoms with E-state index in [1.807, 2.05) is 13.0 Å². The van der Waals surface area contributed by atoms with E-state index in [2.05, 4.69) is 0 Å². The Morgan fingerprint density at radius 2 is 2.22 bits per heavy atom. The Morgan fingerprint density at radius 1 is 1.33 bits per heavy atom. The van der Waals surface area contributed by atoms with Crippen LogP contribution in [-0.4, -0.2) is 0 Å². The zero-order valence-electron chi connectivity index (χ0n) is 5.05. The summed E-state index contributed by atoms with van der Waals surface area (Å²) in [6.07, 6.45) is 3.31. The van der Waals surface area contributed by atoms with Crippen molar-refractivity contribution in [3.63, 3.8) is 0 Å². The van der Waals surface area contributed by atoms with Crippen LogP contribution in [0.3, 0.4) is 0 Å². The Balaban J connectivity index is 2.99. The van der Waals surface area contributed by atoms with Crippen LogP contribution < -0.4 is 0 Å². The maximum Gasteiger partial charge on any atom is 0.297 e. The molecule has 0 radical (unpaired) electrons. The number of aryl methyl sites for hydroxylation is 1. The molecule has 2 heterocycles. The molecule has 0 unspecified atom stereocenters. The maximum atomic E-state index is 5.02. The van der Waals surface area contributed by atoms with Gasteiger partial charge in [0, 0.05) is 0 Å². The highest BCUT2D eigenvalue weighted by molar-refractivity contribution is 5.75. The van der Waals surface area contributed by atoms with Gasteiger partial charge in [-0.05, 0) is 18.6 Å². The molecule has 46 valence electrons. The van der Waals surface area contributed by atoms with Crippen molar-refractivity contribution in [3.05, 3.63) is 24.2 Å². The summed E-state index contributed by atoms with van der Waals surface area (Å²) in [5.74, 6) is 0.618. The van der Waals surface area contributed by atoms with Crippen LogP contribution >= 0.6 is 0 Å². The van der Waals surface area contributed by atoms with E-state index in [-0.39, 0.29) is 0 Å². The average molecular weight is 122 g/mol. The van der Waals surface area contributed by atoms with Crippen molar-refractivity contribution in [1.82, 2.24) is 0 Å². The summed E-state index contributed by atoms with van der Waals surface area (Å²) >= 11 is 0. The summed E-state index contributed by atoms with van der Waals surface area (Å²) in [7, 11) is 0. The first-order valence-corrected chi connectivity index (χ1v) is 2.79. The minimum Gasteiger partial charge on any atom is -0.433 e. The van der Waals surface area contributed by atoms with Crippen molar-refractivity contribution in [2.45, 2.75) is 6.92 Å². The Hall–Kier alpha value is -1.18. The smallest absolute Gasteiger partial charge is 0.297 e. The van der Waals surface area contributed by atoms with E-state index in [1.165, 1.54) is 0 Å². The summed E-state index contributed by atoms with van der Waals surface area (Å²) in [5, 5.41) is 1.06. The zero-order valence-corrected chi connectivity index (χ0v) is 5.05. The number of furan rings is 2. The molecule has 0 amide bonds. The van der Waals surface area contributed by atoms with Crippen LogP contribution in [0.5, 0.6) is 0 Å². The highest BCUT2D eigenvalue weighted by Crippen LogP contribution is 2.20. The molecule has 2 heteroatoms. The predicted molar refractivity (Wildman–Crippen MR) is 33.2 cm³/mol. The molecule has 9 heavy (non-hydrogen) atoms. The molecule has 0 saturated heterocycles. The van der Waals surface area contributed by atoms with Gasteiger partial charge >= 0.3 is 0 Å². The normalized spacial score (nSPS) is 10.8. The summed E-state index contributed by atoms with van der Waals surface area (Å²) < 4.78 is 9.99. The summed E-state index contributed by atoms with van der Waals surface area (Å²) in [6.45, 7) is 1.99. The van der Waals surface area contributed by atoms with Gasteiger partial charge in [-0.1, -0.05) is 0 Å². The topological polar surface area (TPSA) is 26.3 Å². The Kier molecular flexibility index (Phi) is 0.730. The SMILES string of the molecule is Cc1coc2occc12. The first-order chi connectivity index (χ1) is 4.38. The molecule has 0 aliphatic carbocycles. The fraction of sp³-hybridized carbons (Fsp3) is 0.143. The van der Waals surface area contributed by atoms with Gasteiger partial charge in [-0.3, -0.25) is 0 Å². The van der Waals surface area contributed by atoms with Gasteiger partial charge in [-0.15, -0.1) is 0 Å². The summed E-state index contributed by atoms with van der Waals surface area (Å²) in [4.78, 5) is 0. The van der Waals surface area contributed by atoms with Crippen LogP contribution in [0.2, 0.25) is 0 Å². The fourth-order valence-corrected chi connectivity index (χ4v) is 0.884. The number of hydrogen-bond donors (Lipinski definition) is 0. The monoisotopic (exact) mass is 122 g/mol. The highest BCUT2D eigenvalue weighted by atomic mass is 16.5. The third-order valence-electron chi connectivity index (χ3n) is 1.40. The third kappa shape index (κ3) is 0.499. The van der Waals surface area contributed by atoms with E-state index in [9.17, 15) is 0 Å². The van der Waals surface area contributed by atoms with Crippen molar-refractivity contribution >= 4 is 11.2 Å². The minimum absolute atomic E-state index is 0.618. The number of hydrogen-bond acceptors (Lipinski definition) is 2. The minimum atomic E-state index is 0.618. The molecule has 0 aliphatic rings. The van der Waals surface area contributed by atoms with E-state index in [1.54, 1.807) is 12.5 Å². The van der Waals surface area contributed by atoms with Gasteiger partial charge in [0.1, 0.15) is 0 Å². The fourth-order valence-electron chi connectivity index (χ4n) is 0.884. The van der Waals surface area contributed by atoms with Crippen LogP contribution in [0.1, 0.15) is 5.56 Å². The van der Waals surface area contributed by atoms with Gasteiger partial charge in [0.25, 0.3) is 5.78 Å². The van der Waals surface area contributed by atoms with Gasteiger partial charge in [-0.25, -0.2) is 0 Å². The zero-order chi connectivity index (χ0) is 6.27. The lowest BCUT2D eigenvalue weighted by atomic mass is 10.3. The van der Waals surface area contributed by atoms with Crippen LogP contribution in [-0.2, 0) is 0 Å². The van der Waals surface area contributed by atoms with E-state index in [0.29, 0.717) is 5.78 Å². The van der Waals surface area contributed by atoms with Gasteiger partial charge < -0.3 is 8.83 Å². The quantitative estimate of drug-likeness (QED) is 0.536. The molecule has 0 bridgehead atoms.